The summed E-state index contributed by atoms with van der Waals surface area (Å²) in [6, 6.07) is 26.7. The molecule has 0 saturated carbocycles. The number of non-ortho nitro benzene ring substituents is 1. The Morgan fingerprint density at radius 1 is 0.900 bits per heavy atom. The van der Waals surface area contributed by atoms with E-state index in [9.17, 15) is 19.7 Å². The lowest BCUT2D eigenvalue weighted by Gasteiger charge is -2.09. The molecule has 10 nitrogen and oxygen atoms in total. The molecule has 0 aliphatic heterocycles. The van der Waals surface area contributed by atoms with Crippen LogP contribution in [0.25, 0.3) is 10.9 Å². The van der Waals surface area contributed by atoms with Crippen molar-refractivity contribution in [1.29, 1.82) is 0 Å². The molecule has 200 valence electrons. The number of carbonyl (C=O) groups is 2. The van der Waals surface area contributed by atoms with Gasteiger partial charge in [-0.2, -0.15) is 0 Å². The number of nitrogens with zero attached hydrogens (tertiary/aromatic N) is 3. The SMILES string of the molecule is COc1ccc2c(c1)c(OC(=O)c1ccccc1COC(=O)c1ccccc1)nn2Cc1cccc([N+](=O)[O-])c1. The molecule has 0 saturated heterocycles. The number of hydrogen-bond donors (Lipinski definition) is 0. The monoisotopic (exact) mass is 537 g/mol. The van der Waals surface area contributed by atoms with E-state index in [-0.39, 0.29) is 30.3 Å². The first kappa shape index (κ1) is 26.1. The first-order chi connectivity index (χ1) is 19.4. The summed E-state index contributed by atoms with van der Waals surface area (Å²) in [6.45, 7) is 0.0723. The van der Waals surface area contributed by atoms with Gasteiger partial charge in [0, 0.05) is 17.7 Å². The van der Waals surface area contributed by atoms with E-state index in [4.69, 9.17) is 14.2 Å². The zero-order valence-corrected chi connectivity index (χ0v) is 21.4. The molecule has 5 rings (SSSR count). The largest absolute Gasteiger partial charge is 0.497 e. The summed E-state index contributed by atoms with van der Waals surface area (Å²) in [7, 11) is 1.52. The van der Waals surface area contributed by atoms with Gasteiger partial charge in [0.1, 0.15) is 12.4 Å². The van der Waals surface area contributed by atoms with Crippen molar-refractivity contribution in [1.82, 2.24) is 9.78 Å². The average Bonchev–Trinajstić information content (AvgIpc) is 3.32. The number of fused-ring (bicyclic) bond motifs is 1. The number of hydrogen-bond acceptors (Lipinski definition) is 8. The normalized spacial score (nSPS) is 10.7. The molecule has 1 aromatic heterocycles. The Hall–Kier alpha value is -5.51. The summed E-state index contributed by atoms with van der Waals surface area (Å²) in [5.74, 6) is -0.619. The van der Waals surface area contributed by atoms with E-state index in [0.29, 0.717) is 33.3 Å². The third-order valence-electron chi connectivity index (χ3n) is 6.17. The van der Waals surface area contributed by atoms with Crippen LogP contribution in [0.5, 0.6) is 11.6 Å². The van der Waals surface area contributed by atoms with Crippen LogP contribution in [0.4, 0.5) is 5.69 Å². The first-order valence-corrected chi connectivity index (χ1v) is 12.2. The topological polar surface area (TPSA) is 123 Å². The van der Waals surface area contributed by atoms with Gasteiger partial charge < -0.3 is 14.2 Å². The minimum absolute atomic E-state index is 0.0353. The fourth-order valence-corrected chi connectivity index (χ4v) is 4.18. The Labute approximate surface area is 228 Å². The van der Waals surface area contributed by atoms with Crippen molar-refractivity contribution in [2.24, 2.45) is 0 Å². The molecule has 5 aromatic rings. The van der Waals surface area contributed by atoms with Crippen molar-refractivity contribution in [3.8, 4) is 11.6 Å². The molecule has 40 heavy (non-hydrogen) atoms. The molecule has 0 spiro atoms. The smallest absolute Gasteiger partial charge is 0.345 e. The number of carbonyl (C=O) groups excluding carboxylic acids is 2. The molecule has 0 aliphatic rings. The number of ether oxygens (including phenoxy) is 3. The predicted octanol–water partition coefficient (Wildman–Crippen LogP) is 5.58. The highest BCUT2D eigenvalue weighted by molar-refractivity contribution is 5.96. The van der Waals surface area contributed by atoms with Gasteiger partial charge in [-0.15, -0.1) is 5.10 Å². The molecule has 0 fully saturated rings. The zero-order chi connectivity index (χ0) is 28.1. The van der Waals surface area contributed by atoms with Crippen LogP contribution in [0.2, 0.25) is 0 Å². The Balaban J connectivity index is 1.42. The summed E-state index contributed by atoms with van der Waals surface area (Å²) in [5, 5.41) is 16.2. The van der Waals surface area contributed by atoms with Gasteiger partial charge in [0.25, 0.3) is 5.69 Å². The highest BCUT2D eigenvalue weighted by atomic mass is 16.6. The second-order valence-corrected chi connectivity index (χ2v) is 8.76. The standard InChI is InChI=1S/C30H23N3O7/c1-38-24-14-15-27-26(17-24)28(31-32(27)18-20-8-7-12-23(16-20)33(36)37)40-30(35)25-13-6-5-11-22(25)19-39-29(34)21-9-3-2-4-10-21/h2-17H,18-19H2,1H3. The maximum Gasteiger partial charge on any atom is 0.345 e. The van der Waals surface area contributed by atoms with Crippen LogP contribution in [0.15, 0.2) is 97.1 Å². The average molecular weight is 538 g/mol. The van der Waals surface area contributed by atoms with Gasteiger partial charge in [-0.05, 0) is 42.0 Å². The minimum Gasteiger partial charge on any atom is -0.497 e. The molecule has 1 heterocycles. The number of nitro groups is 1. The molecule has 0 amide bonds. The number of nitro benzene ring substituents is 1. The zero-order valence-electron chi connectivity index (χ0n) is 21.4. The molecular formula is C30H23N3O7. The van der Waals surface area contributed by atoms with E-state index in [2.05, 4.69) is 5.10 Å². The van der Waals surface area contributed by atoms with Crippen molar-refractivity contribution in [3.05, 3.63) is 129 Å². The van der Waals surface area contributed by atoms with Gasteiger partial charge in [0.15, 0.2) is 0 Å². The summed E-state index contributed by atoms with van der Waals surface area (Å²) in [6.07, 6.45) is 0. The van der Waals surface area contributed by atoms with E-state index < -0.39 is 16.9 Å². The van der Waals surface area contributed by atoms with Gasteiger partial charge in [-0.3, -0.25) is 14.8 Å². The van der Waals surface area contributed by atoms with E-state index in [1.807, 2.05) is 0 Å². The van der Waals surface area contributed by atoms with Crippen LogP contribution in [0.1, 0.15) is 31.8 Å². The lowest BCUT2D eigenvalue weighted by molar-refractivity contribution is -0.384. The van der Waals surface area contributed by atoms with Crippen LogP contribution < -0.4 is 9.47 Å². The number of methoxy groups -OCH3 is 1. The van der Waals surface area contributed by atoms with E-state index in [1.54, 1.807) is 89.6 Å². The van der Waals surface area contributed by atoms with Crippen LogP contribution in [0, 0.1) is 10.1 Å². The second-order valence-electron chi connectivity index (χ2n) is 8.76. The van der Waals surface area contributed by atoms with Gasteiger partial charge in [0.05, 0.1) is 40.6 Å². The van der Waals surface area contributed by atoms with Gasteiger partial charge in [-0.1, -0.05) is 48.5 Å². The molecule has 0 aliphatic carbocycles. The number of rotatable bonds is 9. The van der Waals surface area contributed by atoms with Gasteiger partial charge in [-0.25, -0.2) is 9.59 Å². The third-order valence-corrected chi connectivity index (χ3v) is 6.17. The molecule has 0 atom stereocenters. The fourth-order valence-electron chi connectivity index (χ4n) is 4.18. The predicted molar refractivity (Wildman–Crippen MR) is 145 cm³/mol. The second kappa shape index (κ2) is 11.5. The Kier molecular flexibility index (Phi) is 7.49. The summed E-state index contributed by atoms with van der Waals surface area (Å²) < 4.78 is 18.1. The highest BCUT2D eigenvalue weighted by Crippen LogP contribution is 2.30. The Morgan fingerprint density at radius 2 is 1.68 bits per heavy atom. The molecule has 0 unspecified atom stereocenters. The Morgan fingerprint density at radius 3 is 2.45 bits per heavy atom. The van der Waals surface area contributed by atoms with E-state index >= 15 is 0 Å². The van der Waals surface area contributed by atoms with E-state index in [1.165, 1.54) is 19.2 Å². The van der Waals surface area contributed by atoms with Crippen molar-refractivity contribution in [2.45, 2.75) is 13.2 Å². The van der Waals surface area contributed by atoms with Gasteiger partial charge >= 0.3 is 11.9 Å². The molecular weight excluding hydrogens is 514 g/mol. The first-order valence-electron chi connectivity index (χ1n) is 12.2. The summed E-state index contributed by atoms with van der Waals surface area (Å²) in [5.41, 5.74) is 2.34. The van der Waals surface area contributed by atoms with Crippen LogP contribution >= 0.6 is 0 Å². The van der Waals surface area contributed by atoms with Crippen molar-refractivity contribution in [2.75, 3.05) is 7.11 Å². The van der Waals surface area contributed by atoms with Crippen molar-refractivity contribution < 1.29 is 28.7 Å². The van der Waals surface area contributed by atoms with Gasteiger partial charge in [0.2, 0.25) is 5.88 Å². The molecule has 0 N–H and O–H groups in total. The lowest BCUT2D eigenvalue weighted by Crippen LogP contribution is -2.14. The number of aromatic nitrogens is 2. The molecule has 0 bridgehead atoms. The van der Waals surface area contributed by atoms with Crippen molar-refractivity contribution in [3.63, 3.8) is 0 Å². The minimum atomic E-state index is -0.684. The number of benzene rings is 4. The van der Waals surface area contributed by atoms with Crippen LogP contribution in [-0.4, -0.2) is 33.8 Å². The molecule has 0 radical (unpaired) electrons. The third kappa shape index (κ3) is 5.65. The Bertz CT molecular complexity index is 1710. The maximum absolute atomic E-state index is 13.3. The summed E-state index contributed by atoms with van der Waals surface area (Å²) in [4.78, 5) is 36.5. The van der Waals surface area contributed by atoms with Crippen LogP contribution in [-0.2, 0) is 17.9 Å². The fraction of sp³-hybridized carbons (Fsp3) is 0.100. The molecule has 10 heteroatoms. The quantitative estimate of drug-likeness (QED) is 0.136. The van der Waals surface area contributed by atoms with E-state index in [0.717, 1.165) is 0 Å². The summed E-state index contributed by atoms with van der Waals surface area (Å²) >= 11 is 0. The number of esters is 2. The van der Waals surface area contributed by atoms with Crippen molar-refractivity contribution >= 4 is 28.5 Å². The molecule has 4 aromatic carbocycles. The highest BCUT2D eigenvalue weighted by Gasteiger charge is 2.20. The lowest BCUT2D eigenvalue weighted by atomic mass is 10.1. The van der Waals surface area contributed by atoms with Crippen LogP contribution in [0.3, 0.4) is 0 Å². The maximum atomic E-state index is 13.3.